The average molecular weight is 309 g/mol. The van der Waals surface area contributed by atoms with Gasteiger partial charge in [-0.15, -0.1) is 0 Å². The highest BCUT2D eigenvalue weighted by atomic mass is 32.2. The Balaban J connectivity index is 1.81. The van der Waals surface area contributed by atoms with Crippen LogP contribution in [0.2, 0.25) is 0 Å². The number of hydrogen-bond acceptors (Lipinski definition) is 3. The third-order valence-corrected chi connectivity index (χ3v) is 5.08. The fourth-order valence-electron chi connectivity index (χ4n) is 2.28. The minimum Gasteiger partial charge on any atom is -0.387 e. The summed E-state index contributed by atoms with van der Waals surface area (Å²) in [5.41, 5.74) is -0.0200. The Morgan fingerprint density at radius 3 is 2.81 bits per heavy atom. The van der Waals surface area contributed by atoms with Crippen LogP contribution in [-0.2, 0) is 4.79 Å². The van der Waals surface area contributed by atoms with Crippen LogP contribution in [-0.4, -0.2) is 34.2 Å². The largest absolute Gasteiger partial charge is 0.387 e. The summed E-state index contributed by atoms with van der Waals surface area (Å²) >= 11 is 1.73. The highest BCUT2D eigenvalue weighted by Gasteiger charge is 2.45. The molecular weight excluding hydrogens is 289 g/mol. The first-order valence-electron chi connectivity index (χ1n) is 7.09. The summed E-state index contributed by atoms with van der Waals surface area (Å²) in [7, 11) is 0. The molecule has 2 rings (SSSR count). The maximum atomic E-state index is 12.7. The van der Waals surface area contributed by atoms with Crippen LogP contribution in [0, 0.1) is 5.82 Å². The molecule has 0 aromatic heterocycles. The summed E-state index contributed by atoms with van der Waals surface area (Å²) in [5.74, 6) is 0.411. The number of carbonyl (C=O) groups excluding carboxylic acids is 1. The summed E-state index contributed by atoms with van der Waals surface area (Å²) in [5, 5.41) is 13.3. The predicted molar refractivity (Wildman–Crippen MR) is 84.5 cm³/mol. The van der Waals surface area contributed by atoms with Crippen molar-refractivity contribution in [3.63, 3.8) is 0 Å². The predicted octanol–water partition coefficient (Wildman–Crippen LogP) is 2.60. The van der Waals surface area contributed by atoms with Crippen LogP contribution in [0.1, 0.15) is 25.3 Å². The number of rotatable bonds is 6. The molecule has 2 atom stereocenters. The average Bonchev–Trinajstić information content (AvgIpc) is 2.48. The van der Waals surface area contributed by atoms with Gasteiger partial charge in [-0.1, -0.05) is 19.1 Å². The molecule has 1 aliphatic rings. The standard InChI is InChI=1S/C16H20FNO2S/c1-2-21-14-9-10-16(14,20)11-18-15(19)8-5-12-3-6-13(17)7-4-12/h3-8,14,20H,2,9-11H2,1H3,(H,18,19). The van der Waals surface area contributed by atoms with Crippen molar-refractivity contribution < 1.29 is 14.3 Å². The van der Waals surface area contributed by atoms with Crippen molar-refractivity contribution in [1.82, 2.24) is 5.32 Å². The maximum Gasteiger partial charge on any atom is 0.244 e. The molecule has 1 aromatic rings. The first-order valence-corrected chi connectivity index (χ1v) is 8.14. The van der Waals surface area contributed by atoms with Crippen molar-refractivity contribution in [3.8, 4) is 0 Å². The molecule has 114 valence electrons. The monoisotopic (exact) mass is 309 g/mol. The topological polar surface area (TPSA) is 49.3 Å². The molecule has 1 aromatic carbocycles. The van der Waals surface area contributed by atoms with Gasteiger partial charge in [0.25, 0.3) is 0 Å². The van der Waals surface area contributed by atoms with Gasteiger partial charge in [0.15, 0.2) is 0 Å². The summed E-state index contributed by atoms with van der Waals surface area (Å²) in [6.45, 7) is 2.34. The lowest BCUT2D eigenvalue weighted by atomic mass is 9.79. The number of halogens is 1. The molecular formula is C16H20FNO2S. The summed E-state index contributed by atoms with van der Waals surface area (Å²) in [4.78, 5) is 11.7. The van der Waals surface area contributed by atoms with Gasteiger partial charge >= 0.3 is 0 Å². The lowest BCUT2D eigenvalue weighted by Gasteiger charge is -2.44. The number of thioether (sulfide) groups is 1. The molecule has 1 aliphatic carbocycles. The Hall–Kier alpha value is -1.33. The van der Waals surface area contributed by atoms with Gasteiger partial charge in [-0.05, 0) is 42.4 Å². The number of amides is 1. The van der Waals surface area contributed by atoms with Gasteiger partial charge < -0.3 is 10.4 Å². The lowest BCUT2D eigenvalue weighted by Crippen LogP contribution is -2.56. The minimum absolute atomic E-state index is 0.212. The Kier molecular flexibility index (Phi) is 5.42. The van der Waals surface area contributed by atoms with Gasteiger partial charge in [-0.2, -0.15) is 11.8 Å². The quantitative estimate of drug-likeness (QED) is 0.794. The van der Waals surface area contributed by atoms with Crippen LogP contribution in [0.25, 0.3) is 6.08 Å². The number of benzene rings is 1. The molecule has 1 fully saturated rings. The SMILES string of the molecule is CCSC1CCC1(O)CNC(=O)C=Cc1ccc(F)cc1. The van der Waals surface area contributed by atoms with E-state index in [0.717, 1.165) is 24.2 Å². The molecule has 0 aliphatic heterocycles. The first-order chi connectivity index (χ1) is 10.0. The minimum atomic E-state index is -0.778. The van der Waals surface area contributed by atoms with E-state index in [1.54, 1.807) is 30.0 Å². The zero-order valence-electron chi connectivity index (χ0n) is 12.0. The van der Waals surface area contributed by atoms with E-state index < -0.39 is 5.60 Å². The van der Waals surface area contributed by atoms with Crippen LogP contribution in [0.3, 0.4) is 0 Å². The Labute approximate surface area is 128 Å². The van der Waals surface area contributed by atoms with Crippen LogP contribution < -0.4 is 5.32 Å². The van der Waals surface area contributed by atoms with E-state index in [0.29, 0.717) is 0 Å². The third-order valence-electron chi connectivity index (χ3n) is 3.67. The number of carbonyl (C=O) groups is 1. The van der Waals surface area contributed by atoms with Gasteiger partial charge in [-0.3, -0.25) is 4.79 Å². The third kappa shape index (κ3) is 4.32. The smallest absolute Gasteiger partial charge is 0.244 e. The molecule has 1 amide bonds. The molecule has 0 spiro atoms. The van der Waals surface area contributed by atoms with Crippen LogP contribution in [0.15, 0.2) is 30.3 Å². The van der Waals surface area contributed by atoms with Crippen molar-refractivity contribution in [2.75, 3.05) is 12.3 Å². The highest BCUT2D eigenvalue weighted by molar-refractivity contribution is 8.00. The van der Waals surface area contributed by atoms with Gasteiger partial charge in [0, 0.05) is 17.9 Å². The number of aliphatic hydroxyl groups is 1. The summed E-state index contributed by atoms with van der Waals surface area (Å²) in [6.07, 6.45) is 4.75. The fourth-order valence-corrected chi connectivity index (χ4v) is 3.48. The zero-order chi connectivity index (χ0) is 15.3. The molecule has 2 unspecified atom stereocenters. The second kappa shape index (κ2) is 7.09. The molecule has 2 N–H and O–H groups in total. The van der Waals surface area contributed by atoms with Crippen LogP contribution in [0.4, 0.5) is 4.39 Å². The van der Waals surface area contributed by atoms with E-state index >= 15 is 0 Å². The van der Waals surface area contributed by atoms with Crippen molar-refractivity contribution in [1.29, 1.82) is 0 Å². The van der Waals surface area contributed by atoms with E-state index in [2.05, 4.69) is 12.2 Å². The fraction of sp³-hybridized carbons (Fsp3) is 0.438. The van der Waals surface area contributed by atoms with Gasteiger partial charge in [0.2, 0.25) is 5.91 Å². The maximum absolute atomic E-state index is 12.7. The molecule has 3 nitrogen and oxygen atoms in total. The van der Waals surface area contributed by atoms with Crippen molar-refractivity contribution >= 4 is 23.7 Å². The Morgan fingerprint density at radius 2 is 2.24 bits per heavy atom. The van der Waals surface area contributed by atoms with E-state index in [1.165, 1.54) is 18.2 Å². The second-order valence-electron chi connectivity index (χ2n) is 5.19. The van der Waals surface area contributed by atoms with E-state index in [-0.39, 0.29) is 23.5 Å². The zero-order valence-corrected chi connectivity index (χ0v) is 12.8. The van der Waals surface area contributed by atoms with Crippen LogP contribution >= 0.6 is 11.8 Å². The number of hydrogen-bond donors (Lipinski definition) is 2. The molecule has 0 radical (unpaired) electrons. The highest BCUT2D eigenvalue weighted by Crippen LogP contribution is 2.40. The van der Waals surface area contributed by atoms with Crippen molar-refractivity contribution in [2.45, 2.75) is 30.6 Å². The van der Waals surface area contributed by atoms with E-state index in [9.17, 15) is 14.3 Å². The molecule has 1 saturated carbocycles. The van der Waals surface area contributed by atoms with Crippen molar-refractivity contribution in [3.05, 3.63) is 41.7 Å². The normalized spacial score (nSPS) is 24.8. The van der Waals surface area contributed by atoms with E-state index in [1.807, 2.05) is 0 Å². The van der Waals surface area contributed by atoms with Gasteiger partial charge in [0.1, 0.15) is 5.82 Å². The lowest BCUT2D eigenvalue weighted by molar-refractivity contribution is -0.118. The molecule has 5 heteroatoms. The van der Waals surface area contributed by atoms with Gasteiger partial charge in [-0.25, -0.2) is 4.39 Å². The van der Waals surface area contributed by atoms with Crippen molar-refractivity contribution in [2.24, 2.45) is 0 Å². The van der Waals surface area contributed by atoms with Crippen LogP contribution in [0.5, 0.6) is 0 Å². The Morgan fingerprint density at radius 1 is 1.52 bits per heavy atom. The molecule has 0 heterocycles. The summed E-state index contributed by atoms with van der Waals surface area (Å²) in [6, 6.07) is 5.90. The Bertz CT molecular complexity index is 518. The van der Waals surface area contributed by atoms with Gasteiger partial charge in [0.05, 0.1) is 5.60 Å². The first kappa shape index (κ1) is 16.0. The number of nitrogens with one attached hydrogen (secondary N) is 1. The summed E-state index contributed by atoms with van der Waals surface area (Å²) < 4.78 is 12.7. The molecule has 21 heavy (non-hydrogen) atoms. The molecule has 0 saturated heterocycles. The van der Waals surface area contributed by atoms with E-state index in [4.69, 9.17) is 0 Å². The second-order valence-corrected chi connectivity index (χ2v) is 6.67. The molecule has 0 bridgehead atoms.